The Labute approximate surface area is 120 Å². The van der Waals surface area contributed by atoms with E-state index in [1.54, 1.807) is 4.90 Å². The van der Waals surface area contributed by atoms with Crippen LogP contribution < -0.4 is 16.0 Å². The van der Waals surface area contributed by atoms with Gasteiger partial charge in [-0.1, -0.05) is 0 Å². The van der Waals surface area contributed by atoms with Gasteiger partial charge in [0.05, 0.1) is 5.92 Å². The van der Waals surface area contributed by atoms with Crippen molar-refractivity contribution >= 4 is 24.3 Å². The minimum atomic E-state index is -0.0308. The topological polar surface area (TPSA) is 73.5 Å². The van der Waals surface area contributed by atoms with Crippen LogP contribution in [0.1, 0.15) is 19.8 Å². The van der Waals surface area contributed by atoms with Crippen molar-refractivity contribution < 1.29 is 9.59 Å². The Morgan fingerprint density at radius 3 is 2.79 bits per heavy atom. The van der Waals surface area contributed by atoms with Crippen LogP contribution in [0.2, 0.25) is 0 Å². The highest BCUT2D eigenvalue weighted by molar-refractivity contribution is 5.85. The summed E-state index contributed by atoms with van der Waals surface area (Å²) in [4.78, 5) is 25.3. The van der Waals surface area contributed by atoms with E-state index in [1.807, 2.05) is 6.92 Å². The first-order valence-corrected chi connectivity index (χ1v) is 6.74. The molecule has 110 valence electrons. The van der Waals surface area contributed by atoms with Crippen LogP contribution in [0.15, 0.2) is 0 Å². The van der Waals surface area contributed by atoms with Gasteiger partial charge in [0.2, 0.25) is 5.91 Å². The van der Waals surface area contributed by atoms with Gasteiger partial charge >= 0.3 is 6.03 Å². The lowest BCUT2D eigenvalue weighted by Crippen LogP contribution is -2.43. The summed E-state index contributed by atoms with van der Waals surface area (Å²) in [5.41, 5.74) is 0. The van der Waals surface area contributed by atoms with Crippen LogP contribution in [0.4, 0.5) is 4.79 Å². The molecule has 2 fully saturated rings. The molecule has 7 heteroatoms. The third-order valence-electron chi connectivity index (χ3n) is 3.58. The van der Waals surface area contributed by atoms with Crippen LogP contribution in [-0.4, -0.2) is 55.6 Å². The Kier molecular flexibility index (Phi) is 6.37. The van der Waals surface area contributed by atoms with Crippen molar-refractivity contribution in [1.82, 2.24) is 20.9 Å². The number of carbonyl (C=O) groups excluding carboxylic acids is 2. The maximum Gasteiger partial charge on any atom is 0.317 e. The van der Waals surface area contributed by atoms with Gasteiger partial charge in [0, 0.05) is 32.2 Å². The molecule has 2 unspecified atom stereocenters. The van der Waals surface area contributed by atoms with Gasteiger partial charge in [0.15, 0.2) is 0 Å². The zero-order chi connectivity index (χ0) is 13.0. The molecule has 3 amide bonds. The molecule has 0 bridgehead atoms. The Bertz CT molecular complexity index is 321. The molecule has 0 aliphatic carbocycles. The Morgan fingerprint density at radius 1 is 1.37 bits per heavy atom. The fraction of sp³-hybridized carbons (Fsp3) is 0.833. The number of nitrogens with zero attached hydrogens (tertiary/aromatic N) is 1. The predicted octanol–water partition coefficient (Wildman–Crippen LogP) is -0.0623. The maximum atomic E-state index is 11.9. The summed E-state index contributed by atoms with van der Waals surface area (Å²) in [7, 11) is 0. The summed E-state index contributed by atoms with van der Waals surface area (Å²) in [5.74, 6) is 0.228. The number of likely N-dealkylation sites (tertiary alicyclic amines) is 1. The van der Waals surface area contributed by atoms with E-state index in [-0.39, 0.29) is 36.3 Å². The fourth-order valence-electron chi connectivity index (χ4n) is 2.52. The van der Waals surface area contributed by atoms with Crippen molar-refractivity contribution in [3.63, 3.8) is 0 Å². The van der Waals surface area contributed by atoms with Gasteiger partial charge in [-0.25, -0.2) is 4.79 Å². The molecule has 0 radical (unpaired) electrons. The second-order valence-corrected chi connectivity index (χ2v) is 4.97. The molecule has 0 spiro atoms. The molecule has 2 aliphatic rings. The monoisotopic (exact) mass is 290 g/mol. The average Bonchev–Trinajstić information content (AvgIpc) is 2.99. The molecule has 0 aromatic rings. The number of hydrogen-bond acceptors (Lipinski definition) is 3. The van der Waals surface area contributed by atoms with Crippen molar-refractivity contribution in [3.05, 3.63) is 0 Å². The summed E-state index contributed by atoms with van der Waals surface area (Å²) >= 11 is 0. The summed E-state index contributed by atoms with van der Waals surface area (Å²) in [6.45, 7) is 5.59. The first kappa shape index (κ1) is 16.0. The van der Waals surface area contributed by atoms with E-state index in [0.29, 0.717) is 13.1 Å². The van der Waals surface area contributed by atoms with E-state index in [9.17, 15) is 9.59 Å². The van der Waals surface area contributed by atoms with Gasteiger partial charge < -0.3 is 20.9 Å². The van der Waals surface area contributed by atoms with Crippen molar-refractivity contribution in [2.45, 2.75) is 25.8 Å². The van der Waals surface area contributed by atoms with Crippen LogP contribution in [0.25, 0.3) is 0 Å². The standard InChI is InChI=1S/C12H22N4O2.ClH/c1-2-14-12(18)16-6-4-10(8-16)15-11(17)9-3-5-13-7-9;/h9-10,13H,2-8H2,1H3,(H,14,18)(H,15,17);1H. The zero-order valence-electron chi connectivity index (χ0n) is 11.3. The van der Waals surface area contributed by atoms with Crippen LogP contribution >= 0.6 is 12.4 Å². The van der Waals surface area contributed by atoms with Gasteiger partial charge in [0.25, 0.3) is 0 Å². The Morgan fingerprint density at radius 2 is 2.16 bits per heavy atom. The lowest BCUT2D eigenvalue weighted by molar-refractivity contribution is -0.125. The molecular weight excluding hydrogens is 268 g/mol. The van der Waals surface area contributed by atoms with Crippen molar-refractivity contribution in [3.8, 4) is 0 Å². The highest BCUT2D eigenvalue weighted by Gasteiger charge is 2.29. The second-order valence-electron chi connectivity index (χ2n) is 4.97. The number of amides is 3. The molecule has 0 aromatic carbocycles. The van der Waals surface area contributed by atoms with Gasteiger partial charge in [0.1, 0.15) is 0 Å². The molecule has 2 rings (SSSR count). The van der Waals surface area contributed by atoms with E-state index < -0.39 is 0 Å². The number of carbonyl (C=O) groups is 2. The van der Waals surface area contributed by atoms with E-state index in [2.05, 4.69) is 16.0 Å². The van der Waals surface area contributed by atoms with E-state index in [1.165, 1.54) is 0 Å². The van der Waals surface area contributed by atoms with Crippen molar-refractivity contribution in [1.29, 1.82) is 0 Å². The zero-order valence-corrected chi connectivity index (χ0v) is 12.1. The van der Waals surface area contributed by atoms with E-state index in [0.717, 1.165) is 32.5 Å². The SMILES string of the molecule is CCNC(=O)N1CCC(NC(=O)C2CCNC2)C1.Cl. The average molecular weight is 291 g/mol. The Balaban J connectivity index is 0.00000180. The summed E-state index contributed by atoms with van der Waals surface area (Å²) in [5, 5.41) is 9.01. The highest BCUT2D eigenvalue weighted by Crippen LogP contribution is 2.12. The van der Waals surface area contributed by atoms with E-state index >= 15 is 0 Å². The molecule has 2 heterocycles. The van der Waals surface area contributed by atoms with E-state index in [4.69, 9.17) is 0 Å². The number of rotatable bonds is 3. The third kappa shape index (κ3) is 4.24. The lowest BCUT2D eigenvalue weighted by atomic mass is 10.1. The molecule has 0 saturated carbocycles. The van der Waals surface area contributed by atoms with Crippen LogP contribution in [0.3, 0.4) is 0 Å². The first-order chi connectivity index (χ1) is 8.70. The molecule has 3 N–H and O–H groups in total. The minimum Gasteiger partial charge on any atom is -0.351 e. The highest BCUT2D eigenvalue weighted by atomic mass is 35.5. The van der Waals surface area contributed by atoms with Crippen LogP contribution in [-0.2, 0) is 4.79 Å². The lowest BCUT2D eigenvalue weighted by Gasteiger charge is -2.18. The molecule has 0 aromatic heterocycles. The quantitative estimate of drug-likeness (QED) is 0.682. The molecular formula is C12H23ClN4O2. The summed E-state index contributed by atoms with van der Waals surface area (Å²) < 4.78 is 0. The number of nitrogens with one attached hydrogen (secondary N) is 3. The second kappa shape index (κ2) is 7.55. The smallest absolute Gasteiger partial charge is 0.317 e. The molecule has 19 heavy (non-hydrogen) atoms. The first-order valence-electron chi connectivity index (χ1n) is 6.74. The van der Waals surface area contributed by atoms with Gasteiger partial charge in [-0.05, 0) is 26.3 Å². The Hall–Kier alpha value is -1.01. The van der Waals surface area contributed by atoms with Gasteiger partial charge in [-0.15, -0.1) is 12.4 Å². The summed E-state index contributed by atoms with van der Waals surface area (Å²) in [6.07, 6.45) is 1.77. The number of halogens is 1. The molecule has 2 atom stereocenters. The van der Waals surface area contributed by atoms with Crippen LogP contribution in [0, 0.1) is 5.92 Å². The summed E-state index contributed by atoms with van der Waals surface area (Å²) in [6, 6.07) is 0.0810. The van der Waals surface area contributed by atoms with Crippen molar-refractivity contribution in [2.24, 2.45) is 5.92 Å². The van der Waals surface area contributed by atoms with Gasteiger partial charge in [-0.3, -0.25) is 4.79 Å². The third-order valence-corrected chi connectivity index (χ3v) is 3.58. The largest absolute Gasteiger partial charge is 0.351 e. The molecule has 2 aliphatic heterocycles. The van der Waals surface area contributed by atoms with Crippen LogP contribution in [0.5, 0.6) is 0 Å². The van der Waals surface area contributed by atoms with Gasteiger partial charge in [-0.2, -0.15) is 0 Å². The minimum absolute atomic E-state index is 0. The normalized spacial score (nSPS) is 25.8. The predicted molar refractivity (Wildman–Crippen MR) is 75.4 cm³/mol. The van der Waals surface area contributed by atoms with Crippen molar-refractivity contribution in [2.75, 3.05) is 32.7 Å². The number of hydrogen-bond donors (Lipinski definition) is 3. The molecule has 2 saturated heterocycles. The maximum absolute atomic E-state index is 11.9. The fourth-order valence-corrected chi connectivity index (χ4v) is 2.52. The number of urea groups is 1. The molecule has 6 nitrogen and oxygen atoms in total.